The lowest BCUT2D eigenvalue weighted by Gasteiger charge is -2.61. The summed E-state index contributed by atoms with van der Waals surface area (Å²) in [5, 5.41) is 21.7. The number of nitrogens with zero attached hydrogens (tertiary/aromatic N) is 1. The van der Waals surface area contributed by atoms with E-state index in [1.165, 1.54) is 64.5 Å². The third-order valence-corrected chi connectivity index (χ3v) is 10.9. The first kappa shape index (κ1) is 20.1. The number of halogens is 1. The van der Waals surface area contributed by atoms with Gasteiger partial charge in [-0.15, -0.1) is 11.6 Å². The maximum Gasteiger partial charge on any atom is 0.0751 e. The summed E-state index contributed by atoms with van der Waals surface area (Å²) in [6.07, 6.45) is 11.5. The third kappa shape index (κ3) is 2.86. The van der Waals surface area contributed by atoms with E-state index in [9.17, 15) is 10.2 Å². The average molecular weight is 410 g/mol. The average Bonchev–Trinajstić information content (AvgIpc) is 2.95. The topological polar surface area (TPSA) is 43.7 Å². The smallest absolute Gasteiger partial charge is 0.0751 e. The maximum atomic E-state index is 11.5. The molecule has 4 heteroatoms. The van der Waals surface area contributed by atoms with E-state index in [0.29, 0.717) is 17.9 Å². The van der Waals surface area contributed by atoms with Crippen LogP contribution in [-0.2, 0) is 0 Å². The molecule has 0 radical (unpaired) electrons. The van der Waals surface area contributed by atoms with Crippen LogP contribution in [0, 0.1) is 34.5 Å². The first-order chi connectivity index (χ1) is 13.3. The van der Waals surface area contributed by atoms with E-state index in [1.54, 1.807) is 0 Å². The molecule has 0 spiro atoms. The van der Waals surface area contributed by atoms with Crippen molar-refractivity contribution in [3.05, 3.63) is 0 Å². The molecular weight excluding hydrogens is 370 g/mol. The Labute approximate surface area is 176 Å². The summed E-state index contributed by atoms with van der Waals surface area (Å²) in [6, 6.07) is 0.383. The summed E-state index contributed by atoms with van der Waals surface area (Å²) in [6.45, 7) is 7.27. The number of piperidine rings is 1. The van der Waals surface area contributed by atoms with Gasteiger partial charge >= 0.3 is 0 Å². The summed E-state index contributed by atoms with van der Waals surface area (Å²) in [5.41, 5.74) is 0.380. The number of aliphatic hydroxyl groups excluding tert-OH is 2. The fourth-order valence-electron chi connectivity index (χ4n) is 8.82. The Balaban J connectivity index is 1.40. The van der Waals surface area contributed by atoms with E-state index in [0.717, 1.165) is 24.7 Å². The molecular formula is C24H40ClNO2. The highest BCUT2D eigenvalue weighted by Gasteiger charge is 2.63. The Morgan fingerprint density at radius 2 is 1.64 bits per heavy atom. The van der Waals surface area contributed by atoms with Crippen LogP contribution >= 0.6 is 11.6 Å². The molecule has 28 heavy (non-hydrogen) atoms. The fraction of sp³-hybridized carbons (Fsp3) is 1.00. The number of hydrogen-bond acceptors (Lipinski definition) is 3. The van der Waals surface area contributed by atoms with Gasteiger partial charge in [-0.05, 0) is 105 Å². The van der Waals surface area contributed by atoms with Crippen LogP contribution in [0.1, 0.15) is 78.1 Å². The van der Waals surface area contributed by atoms with Crippen molar-refractivity contribution in [1.29, 1.82) is 0 Å². The second kappa shape index (κ2) is 7.11. The molecule has 0 aromatic heterocycles. The Bertz CT molecular complexity index is 595. The Morgan fingerprint density at radius 1 is 0.893 bits per heavy atom. The van der Waals surface area contributed by atoms with Crippen molar-refractivity contribution in [2.45, 2.75) is 102 Å². The van der Waals surface area contributed by atoms with E-state index in [4.69, 9.17) is 11.6 Å². The summed E-state index contributed by atoms with van der Waals surface area (Å²) in [7, 11) is 0. The minimum atomic E-state index is -0.318. The highest BCUT2D eigenvalue weighted by atomic mass is 35.5. The maximum absolute atomic E-state index is 11.5. The lowest BCUT2D eigenvalue weighted by molar-refractivity contribution is -0.134. The van der Waals surface area contributed by atoms with Gasteiger partial charge in [0.05, 0.1) is 17.6 Å². The van der Waals surface area contributed by atoms with Gasteiger partial charge in [0.15, 0.2) is 0 Å². The molecule has 0 amide bonds. The molecule has 0 bridgehead atoms. The lowest BCUT2D eigenvalue weighted by Crippen LogP contribution is -2.56. The fourth-order valence-corrected chi connectivity index (χ4v) is 9.26. The van der Waals surface area contributed by atoms with Crippen molar-refractivity contribution in [2.75, 3.05) is 13.1 Å². The zero-order valence-electron chi connectivity index (χ0n) is 17.8. The molecule has 5 rings (SSSR count). The van der Waals surface area contributed by atoms with Crippen LogP contribution in [0.15, 0.2) is 0 Å². The highest BCUT2D eigenvalue weighted by Crippen LogP contribution is 2.66. The highest BCUT2D eigenvalue weighted by molar-refractivity contribution is 6.21. The second-order valence-corrected chi connectivity index (χ2v) is 12.1. The van der Waals surface area contributed by atoms with Crippen LogP contribution in [-0.4, -0.2) is 51.8 Å². The van der Waals surface area contributed by atoms with E-state index in [2.05, 4.69) is 18.7 Å². The van der Waals surface area contributed by atoms with Crippen LogP contribution in [0.5, 0.6) is 0 Å². The molecule has 5 fully saturated rings. The molecule has 1 saturated heterocycles. The van der Waals surface area contributed by atoms with Gasteiger partial charge in [0.25, 0.3) is 0 Å². The number of alkyl halides is 1. The summed E-state index contributed by atoms with van der Waals surface area (Å²) >= 11 is 6.60. The van der Waals surface area contributed by atoms with Crippen molar-refractivity contribution in [3.8, 4) is 0 Å². The number of aliphatic hydroxyl groups is 2. The van der Waals surface area contributed by atoms with E-state index in [1.807, 2.05) is 0 Å². The van der Waals surface area contributed by atoms with Crippen molar-refractivity contribution >= 4 is 11.6 Å². The molecule has 4 saturated carbocycles. The summed E-state index contributed by atoms with van der Waals surface area (Å²) in [4.78, 5) is 2.63. The van der Waals surface area contributed by atoms with E-state index in [-0.39, 0.29) is 28.4 Å². The molecule has 1 heterocycles. The largest absolute Gasteiger partial charge is 0.392 e. The van der Waals surface area contributed by atoms with Gasteiger partial charge < -0.3 is 10.2 Å². The van der Waals surface area contributed by atoms with Gasteiger partial charge in [0.1, 0.15) is 0 Å². The predicted octanol–water partition coefficient (Wildman–Crippen LogP) is 4.43. The number of rotatable bonds is 1. The van der Waals surface area contributed by atoms with Gasteiger partial charge in [-0.2, -0.15) is 0 Å². The van der Waals surface area contributed by atoms with Crippen molar-refractivity contribution in [2.24, 2.45) is 34.5 Å². The normalized spacial score (nSPS) is 57.3. The van der Waals surface area contributed by atoms with Crippen LogP contribution in [0.25, 0.3) is 0 Å². The van der Waals surface area contributed by atoms with Gasteiger partial charge in [-0.1, -0.05) is 20.3 Å². The minimum absolute atomic E-state index is 0.0800. The van der Waals surface area contributed by atoms with Crippen LogP contribution in [0.3, 0.4) is 0 Å². The van der Waals surface area contributed by atoms with Crippen molar-refractivity contribution in [3.63, 3.8) is 0 Å². The van der Waals surface area contributed by atoms with Gasteiger partial charge in [0, 0.05) is 6.04 Å². The number of hydrogen-bond donors (Lipinski definition) is 2. The predicted molar refractivity (Wildman–Crippen MR) is 113 cm³/mol. The number of fused-ring (bicyclic) bond motifs is 5. The van der Waals surface area contributed by atoms with E-state index < -0.39 is 0 Å². The van der Waals surface area contributed by atoms with E-state index >= 15 is 0 Å². The molecule has 1 aliphatic heterocycles. The SMILES string of the molecule is C[C@]12C[C@H](Cl)[C@@H](O)C[C@@H]1CC[C@@H]1[C@@H]2CC[C@]2(C)[C@@H](O)[C@@H](N3CCCCC3)C[C@@H]12. The van der Waals surface area contributed by atoms with Gasteiger partial charge in [-0.25, -0.2) is 0 Å². The Morgan fingerprint density at radius 3 is 2.39 bits per heavy atom. The molecule has 4 aliphatic carbocycles. The first-order valence-corrected chi connectivity index (χ1v) is 12.5. The monoisotopic (exact) mass is 409 g/mol. The quantitative estimate of drug-likeness (QED) is 0.629. The molecule has 0 aromatic carbocycles. The van der Waals surface area contributed by atoms with Crippen molar-refractivity contribution in [1.82, 2.24) is 4.90 Å². The zero-order valence-corrected chi connectivity index (χ0v) is 18.6. The number of likely N-dealkylation sites (tertiary alicyclic amines) is 1. The lowest BCUT2D eigenvalue weighted by atomic mass is 9.45. The molecule has 0 aromatic rings. The summed E-state index contributed by atoms with van der Waals surface area (Å²) < 4.78 is 0. The van der Waals surface area contributed by atoms with Crippen LogP contribution in [0.4, 0.5) is 0 Å². The molecule has 2 N–H and O–H groups in total. The molecule has 0 unspecified atom stereocenters. The van der Waals surface area contributed by atoms with Crippen molar-refractivity contribution < 1.29 is 10.2 Å². The standard InChI is InChI=1S/C24H40ClNO2/c1-23-9-8-17-16(7-6-15-12-21(27)19(25)14-24(15,17)2)18(23)13-20(22(23)28)26-10-4-3-5-11-26/h15-22,27-28H,3-14H2,1-2H3/t15-,16+,17-,18-,19-,20-,21-,22-,23-,24-/m0/s1. The first-order valence-electron chi connectivity index (χ1n) is 12.1. The second-order valence-electron chi connectivity index (χ2n) is 11.6. The minimum Gasteiger partial charge on any atom is -0.392 e. The molecule has 5 aliphatic rings. The van der Waals surface area contributed by atoms with Gasteiger partial charge in [-0.3, -0.25) is 4.90 Å². The molecule has 160 valence electrons. The van der Waals surface area contributed by atoms with Crippen LogP contribution < -0.4 is 0 Å². The zero-order chi connectivity index (χ0) is 19.7. The Kier molecular flexibility index (Phi) is 5.10. The molecule has 10 atom stereocenters. The van der Waals surface area contributed by atoms with Crippen LogP contribution in [0.2, 0.25) is 0 Å². The van der Waals surface area contributed by atoms with Gasteiger partial charge in [0.2, 0.25) is 0 Å². The molecule has 3 nitrogen and oxygen atoms in total. The summed E-state index contributed by atoms with van der Waals surface area (Å²) in [5.74, 6) is 2.76. The third-order valence-electron chi connectivity index (χ3n) is 10.5. The Hall–Kier alpha value is 0.170.